The molecule has 0 aromatic carbocycles. The van der Waals surface area contributed by atoms with Gasteiger partial charge in [0, 0.05) is 17.8 Å². The van der Waals surface area contributed by atoms with Crippen molar-refractivity contribution in [3.05, 3.63) is 21.9 Å². The van der Waals surface area contributed by atoms with E-state index in [1.54, 1.807) is 6.92 Å². The zero-order chi connectivity index (χ0) is 15.4. The Morgan fingerprint density at radius 1 is 1.62 bits per heavy atom. The van der Waals surface area contributed by atoms with Gasteiger partial charge < -0.3 is 10.6 Å². The SMILES string of the molecule is CC(C#Cc1ccc(CN2CCCC2=O)s1)N(O)C(N)=O. The van der Waals surface area contributed by atoms with Gasteiger partial charge in [-0.05, 0) is 25.5 Å². The zero-order valence-corrected chi connectivity index (χ0v) is 12.5. The molecule has 0 aliphatic carbocycles. The maximum absolute atomic E-state index is 11.6. The van der Waals surface area contributed by atoms with E-state index in [-0.39, 0.29) is 5.91 Å². The molecule has 0 saturated carbocycles. The summed E-state index contributed by atoms with van der Waals surface area (Å²) in [5.41, 5.74) is 4.95. The van der Waals surface area contributed by atoms with Crippen LogP contribution in [0.3, 0.4) is 0 Å². The first-order valence-corrected chi connectivity index (χ1v) is 7.44. The summed E-state index contributed by atoms with van der Waals surface area (Å²) in [6, 6.07) is 2.20. The zero-order valence-electron chi connectivity index (χ0n) is 11.7. The fourth-order valence-electron chi connectivity index (χ4n) is 2.02. The lowest BCUT2D eigenvalue weighted by atomic mass is 10.3. The maximum atomic E-state index is 11.6. The van der Waals surface area contributed by atoms with Crippen LogP contribution in [0, 0.1) is 11.8 Å². The van der Waals surface area contributed by atoms with Gasteiger partial charge >= 0.3 is 6.03 Å². The van der Waals surface area contributed by atoms with Crippen LogP contribution < -0.4 is 5.73 Å². The van der Waals surface area contributed by atoms with E-state index in [1.165, 1.54) is 11.3 Å². The molecule has 21 heavy (non-hydrogen) atoms. The van der Waals surface area contributed by atoms with Gasteiger partial charge in [0.1, 0.15) is 6.04 Å². The number of hydroxylamine groups is 2. The van der Waals surface area contributed by atoms with Crippen molar-refractivity contribution < 1.29 is 14.8 Å². The number of rotatable bonds is 3. The topological polar surface area (TPSA) is 86.9 Å². The van der Waals surface area contributed by atoms with Crippen molar-refractivity contribution in [1.29, 1.82) is 0 Å². The van der Waals surface area contributed by atoms with Gasteiger partial charge in [0.15, 0.2) is 0 Å². The van der Waals surface area contributed by atoms with E-state index in [2.05, 4.69) is 11.8 Å². The molecule has 1 atom stereocenters. The molecule has 1 unspecified atom stereocenters. The van der Waals surface area contributed by atoms with E-state index in [9.17, 15) is 14.8 Å². The van der Waals surface area contributed by atoms with Crippen LogP contribution in [0.2, 0.25) is 0 Å². The number of hydrogen-bond acceptors (Lipinski definition) is 4. The minimum absolute atomic E-state index is 0.196. The summed E-state index contributed by atoms with van der Waals surface area (Å²) >= 11 is 1.50. The van der Waals surface area contributed by atoms with E-state index in [4.69, 9.17) is 5.73 Å². The standard InChI is InChI=1S/C14H17N3O3S/c1-10(17(20)14(15)19)4-5-11-6-7-12(21-11)9-16-8-2-3-13(16)18/h6-7,10,20H,2-3,8-9H2,1H3,(H2,15,19). The number of urea groups is 1. The average molecular weight is 307 g/mol. The number of carbonyl (C=O) groups excluding carboxylic acids is 2. The molecule has 1 aromatic heterocycles. The number of carbonyl (C=O) groups is 2. The Hall–Kier alpha value is -2.04. The predicted octanol–water partition coefficient (Wildman–Crippen LogP) is 1.38. The lowest BCUT2D eigenvalue weighted by Crippen LogP contribution is -2.38. The molecular weight excluding hydrogens is 290 g/mol. The molecule has 2 rings (SSSR count). The molecular formula is C14H17N3O3S. The van der Waals surface area contributed by atoms with Crippen molar-refractivity contribution in [3.8, 4) is 11.8 Å². The highest BCUT2D eigenvalue weighted by atomic mass is 32.1. The van der Waals surface area contributed by atoms with Gasteiger partial charge in [-0.3, -0.25) is 10.0 Å². The maximum Gasteiger partial charge on any atom is 0.339 e. The first kappa shape index (κ1) is 15.4. The highest BCUT2D eigenvalue weighted by Crippen LogP contribution is 2.20. The highest BCUT2D eigenvalue weighted by molar-refractivity contribution is 7.12. The normalized spacial score (nSPS) is 15.5. The lowest BCUT2D eigenvalue weighted by Gasteiger charge is -2.14. The second kappa shape index (κ2) is 6.61. The van der Waals surface area contributed by atoms with E-state index in [1.807, 2.05) is 17.0 Å². The fourth-order valence-corrected chi connectivity index (χ4v) is 2.90. The van der Waals surface area contributed by atoms with Crippen LogP contribution in [0.1, 0.15) is 29.5 Å². The Kier molecular flexibility index (Phi) is 4.83. The summed E-state index contributed by atoms with van der Waals surface area (Å²) in [5, 5.41) is 9.71. The van der Waals surface area contributed by atoms with Crippen LogP contribution in [-0.2, 0) is 11.3 Å². The van der Waals surface area contributed by atoms with Crippen LogP contribution in [0.25, 0.3) is 0 Å². The molecule has 0 radical (unpaired) electrons. The summed E-state index contributed by atoms with van der Waals surface area (Å²) in [7, 11) is 0. The van der Waals surface area contributed by atoms with Gasteiger partial charge in [0.2, 0.25) is 5.91 Å². The van der Waals surface area contributed by atoms with E-state index in [0.29, 0.717) is 18.0 Å². The van der Waals surface area contributed by atoms with Gasteiger partial charge in [-0.2, -0.15) is 5.06 Å². The van der Waals surface area contributed by atoms with Crippen molar-refractivity contribution in [1.82, 2.24) is 9.96 Å². The molecule has 1 fully saturated rings. The van der Waals surface area contributed by atoms with Gasteiger partial charge in [-0.25, -0.2) is 4.79 Å². The molecule has 6 nitrogen and oxygen atoms in total. The van der Waals surface area contributed by atoms with Gasteiger partial charge in [0.05, 0.1) is 11.4 Å². The van der Waals surface area contributed by atoms with Crippen molar-refractivity contribution in [2.24, 2.45) is 5.73 Å². The van der Waals surface area contributed by atoms with Gasteiger partial charge in [0.25, 0.3) is 0 Å². The molecule has 2 heterocycles. The van der Waals surface area contributed by atoms with Crippen molar-refractivity contribution in [2.45, 2.75) is 32.4 Å². The number of thiophene rings is 1. The molecule has 3 amide bonds. The number of amides is 3. The van der Waals surface area contributed by atoms with Crippen molar-refractivity contribution in [2.75, 3.05) is 6.54 Å². The first-order chi connectivity index (χ1) is 9.97. The fraction of sp³-hybridized carbons (Fsp3) is 0.429. The average Bonchev–Trinajstić information content (AvgIpc) is 3.05. The van der Waals surface area contributed by atoms with Crippen LogP contribution >= 0.6 is 11.3 Å². The summed E-state index contributed by atoms with van der Waals surface area (Å²) in [6.07, 6.45) is 1.56. The van der Waals surface area contributed by atoms with Crippen LogP contribution in [0.5, 0.6) is 0 Å². The Morgan fingerprint density at radius 3 is 3.00 bits per heavy atom. The molecule has 3 N–H and O–H groups in total. The number of likely N-dealkylation sites (tertiary alicyclic amines) is 1. The molecule has 112 valence electrons. The lowest BCUT2D eigenvalue weighted by molar-refractivity contribution is -0.128. The van der Waals surface area contributed by atoms with Crippen LogP contribution in [0.4, 0.5) is 4.79 Å². The molecule has 1 aromatic rings. The van der Waals surface area contributed by atoms with E-state index >= 15 is 0 Å². The molecule has 7 heteroatoms. The Morgan fingerprint density at radius 2 is 2.38 bits per heavy atom. The van der Waals surface area contributed by atoms with Crippen molar-refractivity contribution >= 4 is 23.3 Å². The molecule has 0 bridgehead atoms. The monoisotopic (exact) mass is 307 g/mol. The third kappa shape index (κ3) is 3.97. The summed E-state index contributed by atoms with van der Waals surface area (Å²) < 4.78 is 0. The van der Waals surface area contributed by atoms with E-state index < -0.39 is 12.1 Å². The highest BCUT2D eigenvalue weighted by Gasteiger charge is 2.20. The molecule has 1 saturated heterocycles. The minimum atomic E-state index is -0.934. The third-order valence-corrected chi connectivity index (χ3v) is 4.16. The van der Waals surface area contributed by atoms with Crippen LogP contribution in [0.15, 0.2) is 12.1 Å². The largest absolute Gasteiger partial charge is 0.350 e. The second-order valence-electron chi connectivity index (χ2n) is 4.81. The molecule has 1 aliphatic rings. The van der Waals surface area contributed by atoms with Crippen LogP contribution in [-0.4, -0.2) is 39.7 Å². The molecule has 0 spiro atoms. The smallest absolute Gasteiger partial charge is 0.339 e. The summed E-state index contributed by atoms with van der Waals surface area (Å²) in [5.74, 6) is 5.84. The first-order valence-electron chi connectivity index (χ1n) is 6.63. The quantitative estimate of drug-likeness (QED) is 0.502. The summed E-state index contributed by atoms with van der Waals surface area (Å²) in [6.45, 7) is 3.01. The van der Waals surface area contributed by atoms with Gasteiger partial charge in [-0.1, -0.05) is 11.8 Å². The Bertz CT molecular complexity index is 602. The summed E-state index contributed by atoms with van der Waals surface area (Å²) in [4.78, 5) is 26.1. The molecule has 1 aliphatic heterocycles. The van der Waals surface area contributed by atoms with Crippen molar-refractivity contribution in [3.63, 3.8) is 0 Å². The predicted molar refractivity (Wildman–Crippen MR) is 78.5 cm³/mol. The second-order valence-corrected chi connectivity index (χ2v) is 5.98. The number of hydrogen-bond donors (Lipinski definition) is 2. The van der Waals surface area contributed by atoms with Gasteiger partial charge in [-0.15, -0.1) is 11.3 Å². The minimum Gasteiger partial charge on any atom is -0.350 e. The Labute approximate surface area is 127 Å². The number of primary amides is 1. The van der Waals surface area contributed by atoms with E-state index in [0.717, 1.165) is 22.7 Å². The Balaban J connectivity index is 1.97. The third-order valence-electron chi connectivity index (χ3n) is 3.18. The number of nitrogens with zero attached hydrogens (tertiary/aromatic N) is 2. The number of nitrogens with two attached hydrogens (primary N) is 1.